The number of carbonyl (C=O) groups is 1. The van der Waals surface area contributed by atoms with E-state index in [1.807, 2.05) is 0 Å². The molecule has 4 nitrogen and oxygen atoms in total. The predicted molar refractivity (Wildman–Crippen MR) is 76.9 cm³/mol. The number of carbonyl (C=O) groups excluding carboxylic acids is 1. The third-order valence-electron chi connectivity index (χ3n) is 3.35. The third kappa shape index (κ3) is 3.81. The molecule has 0 aromatic carbocycles. The molecule has 1 saturated heterocycles. The highest BCUT2D eigenvalue weighted by molar-refractivity contribution is 6.34. The summed E-state index contributed by atoms with van der Waals surface area (Å²) in [5.41, 5.74) is 0.375. The van der Waals surface area contributed by atoms with E-state index in [9.17, 15) is 4.79 Å². The molecular formula is C13H17Cl2N3O. The molecule has 1 aliphatic rings. The molecule has 6 heteroatoms. The second kappa shape index (κ2) is 6.55. The lowest BCUT2D eigenvalue weighted by molar-refractivity contribution is 0.0905. The normalized spacial score (nSPS) is 20.3. The molecule has 104 valence electrons. The van der Waals surface area contributed by atoms with Crippen molar-refractivity contribution in [2.45, 2.75) is 25.8 Å². The Kier molecular flexibility index (Phi) is 5.02. The first-order chi connectivity index (χ1) is 9.10. The lowest BCUT2D eigenvalue weighted by atomic mass is 10.1. The average Bonchev–Trinajstić information content (AvgIpc) is 2.38. The van der Waals surface area contributed by atoms with Crippen molar-refractivity contribution in [3.05, 3.63) is 28.0 Å². The topological polar surface area (TPSA) is 45.2 Å². The van der Waals surface area contributed by atoms with Crippen LogP contribution in [0.4, 0.5) is 0 Å². The Morgan fingerprint density at radius 1 is 1.53 bits per heavy atom. The molecule has 0 bridgehead atoms. The van der Waals surface area contributed by atoms with E-state index in [2.05, 4.69) is 22.1 Å². The van der Waals surface area contributed by atoms with E-state index in [1.165, 1.54) is 0 Å². The fourth-order valence-electron chi connectivity index (χ4n) is 2.31. The zero-order valence-electron chi connectivity index (χ0n) is 10.8. The second-order valence-corrected chi connectivity index (χ2v) is 5.42. The van der Waals surface area contributed by atoms with Crippen molar-refractivity contribution in [2.24, 2.45) is 0 Å². The van der Waals surface area contributed by atoms with Crippen LogP contribution < -0.4 is 5.32 Å². The molecule has 1 aliphatic heterocycles. The zero-order valence-corrected chi connectivity index (χ0v) is 12.3. The molecule has 0 radical (unpaired) electrons. The number of nitrogens with zero attached hydrogens (tertiary/aromatic N) is 2. The first kappa shape index (κ1) is 14.6. The molecule has 2 rings (SSSR count). The maximum Gasteiger partial charge on any atom is 0.254 e. The summed E-state index contributed by atoms with van der Waals surface area (Å²) in [4.78, 5) is 18.4. The predicted octanol–water partition coefficient (Wildman–Crippen LogP) is 2.60. The van der Waals surface area contributed by atoms with Crippen molar-refractivity contribution in [1.29, 1.82) is 0 Å². The summed E-state index contributed by atoms with van der Waals surface area (Å²) in [6, 6.07) is 3.35. The minimum Gasteiger partial charge on any atom is -0.348 e. The number of pyridine rings is 1. The lowest BCUT2D eigenvalue weighted by Crippen LogP contribution is -2.47. The van der Waals surface area contributed by atoms with Gasteiger partial charge in [0.25, 0.3) is 5.91 Å². The number of aromatic nitrogens is 1. The van der Waals surface area contributed by atoms with Gasteiger partial charge in [0, 0.05) is 12.6 Å². The molecule has 1 fully saturated rings. The number of rotatable bonds is 3. The minimum atomic E-state index is -0.183. The summed E-state index contributed by atoms with van der Waals surface area (Å²) in [7, 11) is 0. The van der Waals surface area contributed by atoms with Gasteiger partial charge < -0.3 is 10.2 Å². The van der Waals surface area contributed by atoms with Gasteiger partial charge in [-0.05, 0) is 38.1 Å². The van der Waals surface area contributed by atoms with Crippen LogP contribution >= 0.6 is 23.2 Å². The quantitative estimate of drug-likeness (QED) is 0.873. The zero-order chi connectivity index (χ0) is 13.8. The van der Waals surface area contributed by atoms with Crippen molar-refractivity contribution < 1.29 is 4.79 Å². The number of halogens is 2. The van der Waals surface area contributed by atoms with Crippen LogP contribution in [-0.4, -0.2) is 41.5 Å². The Balaban J connectivity index is 2.00. The molecule has 0 spiro atoms. The number of likely N-dealkylation sites (N-methyl/N-ethyl adjacent to an activating group) is 1. The van der Waals surface area contributed by atoms with E-state index in [4.69, 9.17) is 23.2 Å². The summed E-state index contributed by atoms with van der Waals surface area (Å²) < 4.78 is 0. The number of hydrogen-bond donors (Lipinski definition) is 1. The van der Waals surface area contributed by atoms with Crippen LogP contribution in [0.15, 0.2) is 12.1 Å². The van der Waals surface area contributed by atoms with Crippen molar-refractivity contribution in [2.75, 3.05) is 19.6 Å². The van der Waals surface area contributed by atoms with Gasteiger partial charge in [0.05, 0.1) is 5.56 Å². The molecule has 2 heterocycles. The van der Waals surface area contributed by atoms with E-state index in [0.717, 1.165) is 32.5 Å². The molecule has 0 aliphatic carbocycles. The Bertz CT molecular complexity index is 467. The van der Waals surface area contributed by atoms with E-state index in [-0.39, 0.29) is 22.3 Å². The molecule has 1 amide bonds. The number of piperidine rings is 1. The van der Waals surface area contributed by atoms with Gasteiger partial charge in [0.15, 0.2) is 0 Å². The van der Waals surface area contributed by atoms with Crippen LogP contribution in [0, 0.1) is 0 Å². The highest BCUT2D eigenvalue weighted by Crippen LogP contribution is 2.17. The van der Waals surface area contributed by atoms with E-state index >= 15 is 0 Å². The first-order valence-corrected chi connectivity index (χ1v) is 7.21. The van der Waals surface area contributed by atoms with Gasteiger partial charge in [-0.15, -0.1) is 0 Å². The molecule has 19 heavy (non-hydrogen) atoms. The van der Waals surface area contributed by atoms with Gasteiger partial charge in [0.1, 0.15) is 10.3 Å². The fraction of sp³-hybridized carbons (Fsp3) is 0.538. The van der Waals surface area contributed by atoms with Crippen molar-refractivity contribution >= 4 is 29.1 Å². The van der Waals surface area contributed by atoms with Gasteiger partial charge in [-0.3, -0.25) is 4.79 Å². The van der Waals surface area contributed by atoms with Crippen LogP contribution in [0.5, 0.6) is 0 Å². The minimum absolute atomic E-state index is 0.146. The fourth-order valence-corrected chi connectivity index (χ4v) is 2.74. The molecule has 1 aromatic heterocycles. The van der Waals surface area contributed by atoms with Crippen molar-refractivity contribution in [3.63, 3.8) is 0 Å². The van der Waals surface area contributed by atoms with Gasteiger partial charge in [-0.2, -0.15) is 0 Å². The Morgan fingerprint density at radius 3 is 3.00 bits per heavy atom. The molecule has 1 aromatic rings. The molecule has 1 N–H and O–H groups in total. The summed E-state index contributed by atoms with van der Waals surface area (Å²) in [5.74, 6) is -0.183. The Morgan fingerprint density at radius 2 is 2.32 bits per heavy atom. The Labute approximate surface area is 123 Å². The number of hydrogen-bond acceptors (Lipinski definition) is 3. The Hall–Kier alpha value is -0.840. The van der Waals surface area contributed by atoms with Crippen LogP contribution in [0.3, 0.4) is 0 Å². The molecule has 1 unspecified atom stereocenters. The summed E-state index contributed by atoms with van der Waals surface area (Å²) >= 11 is 11.6. The molecule has 1 atom stereocenters. The molecular weight excluding hydrogens is 285 g/mol. The van der Waals surface area contributed by atoms with Crippen LogP contribution in [0.1, 0.15) is 30.1 Å². The second-order valence-electron chi connectivity index (χ2n) is 4.68. The van der Waals surface area contributed by atoms with Crippen molar-refractivity contribution in [1.82, 2.24) is 15.2 Å². The lowest BCUT2D eigenvalue weighted by Gasteiger charge is -2.32. The highest BCUT2D eigenvalue weighted by Gasteiger charge is 2.22. The van der Waals surface area contributed by atoms with Crippen LogP contribution in [0.25, 0.3) is 0 Å². The smallest absolute Gasteiger partial charge is 0.254 e. The number of likely N-dealkylation sites (tertiary alicyclic amines) is 1. The standard InChI is InChI=1S/C13H17Cl2N3O/c1-2-18-7-3-4-9(8-18)16-13(19)10-5-6-11(14)17-12(10)15/h5-6,9H,2-4,7-8H2,1H3,(H,16,19). The molecule has 0 saturated carbocycles. The van der Waals surface area contributed by atoms with Crippen LogP contribution in [-0.2, 0) is 0 Å². The van der Waals surface area contributed by atoms with E-state index in [1.54, 1.807) is 12.1 Å². The first-order valence-electron chi connectivity index (χ1n) is 6.45. The maximum atomic E-state index is 12.1. The van der Waals surface area contributed by atoms with E-state index < -0.39 is 0 Å². The van der Waals surface area contributed by atoms with Crippen LogP contribution in [0.2, 0.25) is 10.3 Å². The van der Waals surface area contributed by atoms with Gasteiger partial charge in [-0.1, -0.05) is 30.1 Å². The highest BCUT2D eigenvalue weighted by atomic mass is 35.5. The van der Waals surface area contributed by atoms with Gasteiger partial charge in [-0.25, -0.2) is 4.98 Å². The summed E-state index contributed by atoms with van der Waals surface area (Å²) in [5, 5.41) is 3.45. The van der Waals surface area contributed by atoms with Crippen molar-refractivity contribution in [3.8, 4) is 0 Å². The number of nitrogens with one attached hydrogen (secondary N) is 1. The maximum absolute atomic E-state index is 12.1. The van der Waals surface area contributed by atoms with Gasteiger partial charge in [0.2, 0.25) is 0 Å². The van der Waals surface area contributed by atoms with Gasteiger partial charge >= 0.3 is 0 Å². The SMILES string of the molecule is CCN1CCCC(NC(=O)c2ccc(Cl)nc2Cl)C1. The van der Waals surface area contributed by atoms with E-state index in [0.29, 0.717) is 5.56 Å². The summed E-state index contributed by atoms with van der Waals surface area (Å²) in [6.07, 6.45) is 2.10. The monoisotopic (exact) mass is 301 g/mol. The third-order valence-corrected chi connectivity index (χ3v) is 3.85. The largest absolute Gasteiger partial charge is 0.348 e. The average molecular weight is 302 g/mol. The summed E-state index contributed by atoms with van der Waals surface area (Å²) in [6.45, 7) is 5.13. The number of amides is 1.